The molecule has 1 aromatic heterocycles. The van der Waals surface area contributed by atoms with E-state index >= 15 is 0 Å². The van der Waals surface area contributed by atoms with Crippen LogP contribution in [-0.2, 0) is 47.6 Å². The van der Waals surface area contributed by atoms with Gasteiger partial charge in [0.2, 0.25) is 0 Å². The molecule has 2 aliphatic rings. The van der Waals surface area contributed by atoms with E-state index in [1.807, 2.05) is 25.9 Å². The van der Waals surface area contributed by atoms with Gasteiger partial charge in [-0.15, -0.1) is 0 Å². The Morgan fingerprint density at radius 1 is 1.14 bits per heavy atom. The highest BCUT2D eigenvalue weighted by Crippen LogP contribution is 2.38. The Morgan fingerprint density at radius 2 is 1.80 bits per heavy atom. The van der Waals surface area contributed by atoms with E-state index in [0.29, 0.717) is 6.42 Å². The smallest absolute Gasteiger partial charge is 0.420 e. The lowest BCUT2D eigenvalue weighted by Crippen LogP contribution is -2.59. The highest BCUT2D eigenvalue weighted by molar-refractivity contribution is 6.00. The van der Waals surface area contributed by atoms with Crippen LogP contribution in [-0.4, -0.2) is 125 Å². The van der Waals surface area contributed by atoms with Gasteiger partial charge >= 0.3 is 18.0 Å². The van der Waals surface area contributed by atoms with Crippen molar-refractivity contribution in [1.29, 1.82) is 0 Å². The molecule has 0 aliphatic carbocycles. The molecular formula is C36H55N3O12. The van der Waals surface area contributed by atoms with Crippen LogP contribution >= 0.6 is 0 Å². The lowest BCUT2D eigenvalue weighted by Gasteiger charge is -2.46. The summed E-state index contributed by atoms with van der Waals surface area (Å²) in [5.74, 6) is -5.76. The van der Waals surface area contributed by atoms with E-state index in [2.05, 4.69) is 4.98 Å². The molecule has 11 atom stereocenters. The van der Waals surface area contributed by atoms with Crippen molar-refractivity contribution in [2.45, 2.75) is 123 Å². The number of imidazole rings is 1. The molecule has 0 radical (unpaired) electrons. The molecule has 3 heterocycles. The Kier molecular flexibility index (Phi) is 14.3. The van der Waals surface area contributed by atoms with Gasteiger partial charge in [-0.05, 0) is 67.1 Å². The lowest BCUT2D eigenvalue weighted by molar-refractivity contribution is -0.295. The van der Waals surface area contributed by atoms with E-state index in [0.717, 1.165) is 4.57 Å². The van der Waals surface area contributed by atoms with Gasteiger partial charge in [0.1, 0.15) is 31.1 Å². The van der Waals surface area contributed by atoms with Crippen LogP contribution in [0, 0.1) is 17.8 Å². The molecule has 1 aromatic rings. The zero-order valence-corrected chi connectivity index (χ0v) is 31.6. The first-order valence-corrected chi connectivity index (χ1v) is 17.3. The van der Waals surface area contributed by atoms with Crippen LogP contribution in [0.15, 0.2) is 30.4 Å². The van der Waals surface area contributed by atoms with Gasteiger partial charge in [-0.1, -0.05) is 20.8 Å². The Bertz CT molecular complexity index is 1430. The lowest BCUT2D eigenvalue weighted by atomic mass is 9.76. The van der Waals surface area contributed by atoms with Crippen LogP contribution in [0.4, 0.5) is 4.79 Å². The molecule has 0 spiro atoms. The van der Waals surface area contributed by atoms with Gasteiger partial charge in [-0.2, -0.15) is 0 Å². The van der Waals surface area contributed by atoms with Crippen LogP contribution < -0.4 is 0 Å². The number of likely N-dealkylation sites (N-methyl/N-ethyl adjacent to an activating group) is 1. The second-order valence-electron chi connectivity index (χ2n) is 14.3. The Labute approximate surface area is 299 Å². The first-order chi connectivity index (χ1) is 23.8. The number of aliphatic hydroxyl groups is 1. The van der Waals surface area contributed by atoms with Gasteiger partial charge < -0.3 is 38.4 Å². The standard InChI is InChI=1S/C36H55N3O12/c1-12-27-35(7,51-34(45)39-14-13-37-19-39)17-25(18-47-24(6)40)28(41)20(2)16-36(8,46-11)31(22(4)29(42)23(5)32(44)49-27)50-33-30(43)26(38(9)10)15-21(3)48-33/h13-14,17,19-23,26-27,30-31,33,43H,12,15-16,18H2,1-11H3/t20-,21-,22+,23-,26+,27-,30-,31-,33?,35+,36+/m1/s1. The third-order valence-corrected chi connectivity index (χ3v) is 9.97. The fourth-order valence-corrected chi connectivity index (χ4v) is 6.94. The third-order valence-electron chi connectivity index (χ3n) is 9.97. The van der Waals surface area contributed by atoms with Crippen molar-refractivity contribution in [3.63, 3.8) is 0 Å². The van der Waals surface area contributed by atoms with Gasteiger partial charge in [0.25, 0.3) is 0 Å². The summed E-state index contributed by atoms with van der Waals surface area (Å²) in [5, 5.41) is 11.3. The molecule has 15 nitrogen and oxygen atoms in total. The van der Waals surface area contributed by atoms with Crippen LogP contribution in [0.3, 0.4) is 0 Å². The number of esters is 2. The molecule has 0 amide bonds. The molecule has 1 unspecified atom stereocenters. The maximum absolute atomic E-state index is 14.3. The number of carbonyl (C=O) groups is 5. The fraction of sp³-hybridized carbons (Fsp3) is 0.722. The van der Waals surface area contributed by atoms with Crippen LogP contribution in [0.1, 0.15) is 74.7 Å². The highest BCUT2D eigenvalue weighted by Gasteiger charge is 2.50. The summed E-state index contributed by atoms with van der Waals surface area (Å²) in [6, 6.07) is -0.316. The van der Waals surface area contributed by atoms with Crippen molar-refractivity contribution in [2.24, 2.45) is 17.8 Å². The quantitative estimate of drug-likeness (QED) is 0.235. The molecule has 0 aromatic carbocycles. The van der Waals surface area contributed by atoms with E-state index in [1.165, 1.54) is 52.7 Å². The summed E-state index contributed by atoms with van der Waals surface area (Å²) in [5.41, 5.74) is -3.17. The second kappa shape index (κ2) is 17.3. The number of methoxy groups -OCH3 is 1. The number of rotatable bonds is 8. The minimum Gasteiger partial charge on any atom is -0.461 e. The largest absolute Gasteiger partial charge is 0.461 e. The van der Waals surface area contributed by atoms with Crippen molar-refractivity contribution in [1.82, 2.24) is 14.5 Å². The molecule has 3 rings (SSSR count). The second-order valence-corrected chi connectivity index (χ2v) is 14.3. The molecule has 15 heteroatoms. The molecule has 0 saturated carbocycles. The summed E-state index contributed by atoms with van der Waals surface area (Å²) in [6.45, 7) is 12.1. The number of carbonyl (C=O) groups excluding carboxylic acids is 5. The summed E-state index contributed by atoms with van der Waals surface area (Å²) in [6.07, 6.45) is 0.175. The molecule has 1 fully saturated rings. The fourth-order valence-electron chi connectivity index (χ4n) is 6.94. The van der Waals surface area contributed by atoms with Crippen molar-refractivity contribution >= 4 is 29.6 Å². The van der Waals surface area contributed by atoms with Gasteiger partial charge in [-0.25, -0.2) is 14.3 Å². The van der Waals surface area contributed by atoms with Crippen LogP contribution in [0.5, 0.6) is 0 Å². The number of hydrogen-bond donors (Lipinski definition) is 1. The minimum atomic E-state index is -1.78. The van der Waals surface area contributed by atoms with E-state index in [-0.39, 0.29) is 30.6 Å². The van der Waals surface area contributed by atoms with E-state index < -0.39 is 89.8 Å². The molecule has 0 bridgehead atoms. The van der Waals surface area contributed by atoms with Gasteiger partial charge in [0.15, 0.2) is 23.5 Å². The Balaban J connectivity index is 2.19. The minimum absolute atomic E-state index is 0.0148. The average molecular weight is 722 g/mol. The maximum atomic E-state index is 14.3. The number of ether oxygens (including phenoxy) is 6. The molecule has 286 valence electrons. The van der Waals surface area contributed by atoms with Crippen molar-refractivity contribution in [3.05, 3.63) is 30.4 Å². The molecule has 2 aliphatic heterocycles. The summed E-state index contributed by atoms with van der Waals surface area (Å²) in [4.78, 5) is 73.2. The zero-order chi connectivity index (χ0) is 38.4. The van der Waals surface area contributed by atoms with Gasteiger partial charge in [0.05, 0.1) is 17.8 Å². The Hall–Kier alpha value is -3.50. The molecule has 1 N–H and O–H groups in total. The topological polar surface area (TPSA) is 182 Å². The predicted octanol–water partition coefficient (Wildman–Crippen LogP) is 3.10. The monoisotopic (exact) mass is 721 g/mol. The number of Topliss-reactive ketones (excluding diaryl/α,β-unsaturated/α-hetero) is 2. The predicted molar refractivity (Wildman–Crippen MR) is 182 cm³/mol. The number of cyclic esters (lactones) is 1. The van der Waals surface area contributed by atoms with Crippen molar-refractivity contribution in [2.75, 3.05) is 27.8 Å². The summed E-state index contributed by atoms with van der Waals surface area (Å²) in [7, 11) is 5.10. The van der Waals surface area contributed by atoms with Gasteiger partial charge in [0, 0.05) is 49.9 Å². The van der Waals surface area contributed by atoms with Crippen LogP contribution in [0.25, 0.3) is 0 Å². The van der Waals surface area contributed by atoms with E-state index in [4.69, 9.17) is 28.4 Å². The molecular weight excluding hydrogens is 666 g/mol. The van der Waals surface area contributed by atoms with Crippen LogP contribution in [0.2, 0.25) is 0 Å². The first kappa shape index (κ1) is 41.9. The average Bonchev–Trinajstić information content (AvgIpc) is 3.62. The van der Waals surface area contributed by atoms with E-state index in [1.54, 1.807) is 27.7 Å². The summed E-state index contributed by atoms with van der Waals surface area (Å²) < 4.78 is 36.8. The normalized spacial score (nSPS) is 35.8. The number of aliphatic hydroxyl groups excluding tert-OH is 1. The number of ketones is 2. The van der Waals surface area contributed by atoms with E-state index in [9.17, 15) is 29.1 Å². The SMILES string of the molecule is CC[C@H]1OC(=O)[C@H](C)C(=O)[C@H](C)[C@@H](OC2O[C@H](C)C[C@H](N(C)C)[C@H]2O)[C@@](C)(OC)C[C@@H](C)C(=O)C(COC(C)=O)=C[C@]1(C)OC(=O)n1ccnc1. The molecule has 51 heavy (non-hydrogen) atoms. The third kappa shape index (κ3) is 9.89. The maximum Gasteiger partial charge on any atom is 0.420 e. The Morgan fingerprint density at radius 3 is 2.35 bits per heavy atom. The number of aromatic nitrogens is 2. The molecule has 1 saturated heterocycles. The van der Waals surface area contributed by atoms with Crippen molar-refractivity contribution < 1.29 is 57.5 Å². The summed E-state index contributed by atoms with van der Waals surface area (Å²) >= 11 is 0. The first-order valence-electron chi connectivity index (χ1n) is 17.3. The number of hydrogen-bond acceptors (Lipinski definition) is 14. The van der Waals surface area contributed by atoms with Crippen molar-refractivity contribution in [3.8, 4) is 0 Å². The number of nitrogens with zero attached hydrogens (tertiary/aromatic N) is 3. The van der Waals surface area contributed by atoms with Gasteiger partial charge in [-0.3, -0.25) is 19.2 Å². The highest BCUT2D eigenvalue weighted by atomic mass is 16.7. The zero-order valence-electron chi connectivity index (χ0n) is 31.6.